The number of pyridine rings is 1. The van der Waals surface area contributed by atoms with Gasteiger partial charge in [-0.3, -0.25) is 10.1 Å². The zero-order valence-corrected chi connectivity index (χ0v) is 11.1. The number of aromatic nitrogens is 1. The fourth-order valence-corrected chi connectivity index (χ4v) is 1.70. The Balaban J connectivity index is 2.21. The zero-order valence-electron chi connectivity index (χ0n) is 11.1. The lowest BCUT2D eigenvalue weighted by Crippen LogP contribution is -2.06. The van der Waals surface area contributed by atoms with Crippen molar-refractivity contribution in [2.24, 2.45) is 0 Å². The molecule has 0 radical (unpaired) electrons. The van der Waals surface area contributed by atoms with E-state index in [1.165, 1.54) is 18.2 Å². The van der Waals surface area contributed by atoms with E-state index in [0.29, 0.717) is 11.4 Å². The van der Waals surface area contributed by atoms with Crippen LogP contribution in [0.1, 0.15) is 5.56 Å². The molecule has 0 unspecified atom stereocenters. The summed E-state index contributed by atoms with van der Waals surface area (Å²) < 4.78 is 25.9. The summed E-state index contributed by atoms with van der Waals surface area (Å²) in [6.07, 6.45) is 0. The van der Waals surface area contributed by atoms with Gasteiger partial charge in [0, 0.05) is 19.7 Å². The molecule has 0 bridgehead atoms. The molecule has 2 N–H and O–H groups in total. The lowest BCUT2D eigenvalue weighted by Gasteiger charge is -2.08. The van der Waals surface area contributed by atoms with Crippen molar-refractivity contribution in [1.29, 1.82) is 0 Å². The summed E-state index contributed by atoms with van der Waals surface area (Å²) in [5.41, 5.74) is 0.247. The van der Waals surface area contributed by atoms with Crippen molar-refractivity contribution in [3.05, 3.63) is 57.6 Å². The van der Waals surface area contributed by atoms with E-state index in [9.17, 15) is 18.9 Å². The van der Waals surface area contributed by atoms with Crippen LogP contribution in [0.2, 0.25) is 0 Å². The van der Waals surface area contributed by atoms with Crippen molar-refractivity contribution >= 4 is 17.3 Å². The maximum absolute atomic E-state index is 13.1. The summed E-state index contributed by atoms with van der Waals surface area (Å²) in [6, 6.07) is 6.20. The first-order valence-electron chi connectivity index (χ1n) is 6.02. The van der Waals surface area contributed by atoms with Crippen LogP contribution in [0, 0.1) is 21.7 Å². The van der Waals surface area contributed by atoms with E-state index in [0.717, 1.165) is 12.1 Å². The third kappa shape index (κ3) is 3.41. The second-order valence-corrected chi connectivity index (χ2v) is 4.17. The van der Waals surface area contributed by atoms with Gasteiger partial charge in [0.15, 0.2) is 11.6 Å². The highest BCUT2D eigenvalue weighted by atomic mass is 19.2. The second kappa shape index (κ2) is 6.12. The maximum Gasteiger partial charge on any atom is 0.311 e. The predicted octanol–water partition coefficient (Wildman–Crippen LogP) is 2.92. The molecular weight excluding hydrogens is 282 g/mol. The van der Waals surface area contributed by atoms with E-state index in [2.05, 4.69) is 15.6 Å². The number of rotatable bonds is 5. The van der Waals surface area contributed by atoms with Crippen LogP contribution >= 0.6 is 0 Å². The minimum atomic E-state index is -0.972. The molecule has 6 nitrogen and oxygen atoms in total. The van der Waals surface area contributed by atoms with E-state index in [1.807, 2.05) is 0 Å². The minimum absolute atomic E-state index is 0.0524. The highest BCUT2D eigenvalue weighted by Crippen LogP contribution is 2.24. The normalized spacial score (nSPS) is 10.2. The SMILES string of the molecule is CNc1ccc([N+](=O)[O-])c(NCc2ccc(F)c(F)c2)n1. The summed E-state index contributed by atoms with van der Waals surface area (Å²) >= 11 is 0. The van der Waals surface area contributed by atoms with Gasteiger partial charge < -0.3 is 10.6 Å². The van der Waals surface area contributed by atoms with Crippen LogP contribution in [0.25, 0.3) is 0 Å². The Hall–Kier alpha value is -2.77. The lowest BCUT2D eigenvalue weighted by molar-refractivity contribution is -0.384. The Kier molecular flexibility index (Phi) is 4.27. The first-order valence-corrected chi connectivity index (χ1v) is 6.02. The molecule has 0 saturated carbocycles. The fraction of sp³-hybridized carbons (Fsp3) is 0.154. The number of hydrogen-bond donors (Lipinski definition) is 2. The summed E-state index contributed by atoms with van der Waals surface area (Å²) in [7, 11) is 1.63. The van der Waals surface area contributed by atoms with Gasteiger partial charge in [-0.15, -0.1) is 0 Å². The summed E-state index contributed by atoms with van der Waals surface area (Å²) in [6.45, 7) is 0.0816. The van der Waals surface area contributed by atoms with Gasteiger partial charge in [-0.2, -0.15) is 0 Å². The van der Waals surface area contributed by atoms with E-state index in [-0.39, 0.29) is 18.1 Å². The van der Waals surface area contributed by atoms with Crippen LogP contribution in [0.5, 0.6) is 0 Å². The van der Waals surface area contributed by atoms with Crippen molar-refractivity contribution < 1.29 is 13.7 Å². The third-order valence-corrected chi connectivity index (χ3v) is 2.77. The molecule has 8 heteroatoms. The van der Waals surface area contributed by atoms with Crippen molar-refractivity contribution in [2.75, 3.05) is 17.7 Å². The monoisotopic (exact) mass is 294 g/mol. The Morgan fingerprint density at radius 2 is 2.00 bits per heavy atom. The Labute approximate surface area is 119 Å². The first kappa shape index (κ1) is 14.6. The van der Waals surface area contributed by atoms with E-state index in [1.54, 1.807) is 7.05 Å². The van der Waals surface area contributed by atoms with Crippen LogP contribution in [-0.2, 0) is 6.54 Å². The molecule has 0 spiro atoms. The highest BCUT2D eigenvalue weighted by molar-refractivity contribution is 5.60. The topological polar surface area (TPSA) is 80.1 Å². The van der Waals surface area contributed by atoms with Gasteiger partial charge in [0.05, 0.1) is 4.92 Å². The largest absolute Gasteiger partial charge is 0.373 e. The van der Waals surface area contributed by atoms with E-state index >= 15 is 0 Å². The van der Waals surface area contributed by atoms with Crippen LogP contribution in [-0.4, -0.2) is 17.0 Å². The maximum atomic E-state index is 13.1. The summed E-state index contributed by atoms with van der Waals surface area (Å²) in [5.74, 6) is -1.41. The number of nitrogens with zero attached hydrogens (tertiary/aromatic N) is 2. The predicted molar refractivity (Wildman–Crippen MR) is 74.1 cm³/mol. The second-order valence-electron chi connectivity index (χ2n) is 4.17. The molecule has 0 saturated heterocycles. The molecule has 0 atom stereocenters. The molecular formula is C13H12F2N4O2. The first-order chi connectivity index (χ1) is 10.0. The smallest absolute Gasteiger partial charge is 0.311 e. The molecule has 0 aliphatic rings. The molecule has 1 aromatic carbocycles. The quantitative estimate of drug-likeness (QED) is 0.654. The number of halogens is 2. The molecule has 1 aromatic heterocycles. The summed E-state index contributed by atoms with van der Waals surface area (Å²) in [4.78, 5) is 14.4. The van der Waals surface area contributed by atoms with Crippen LogP contribution in [0.3, 0.4) is 0 Å². The highest BCUT2D eigenvalue weighted by Gasteiger charge is 2.15. The van der Waals surface area contributed by atoms with E-state index in [4.69, 9.17) is 0 Å². The van der Waals surface area contributed by atoms with Gasteiger partial charge in [0.2, 0.25) is 5.82 Å². The van der Waals surface area contributed by atoms with Crippen molar-refractivity contribution in [3.63, 3.8) is 0 Å². The Morgan fingerprint density at radius 1 is 1.24 bits per heavy atom. The molecule has 0 fully saturated rings. The lowest BCUT2D eigenvalue weighted by atomic mass is 10.2. The minimum Gasteiger partial charge on any atom is -0.373 e. The molecule has 2 aromatic rings. The van der Waals surface area contributed by atoms with Crippen molar-refractivity contribution in [2.45, 2.75) is 6.54 Å². The average Bonchev–Trinajstić information content (AvgIpc) is 2.48. The molecule has 1 heterocycles. The van der Waals surface area contributed by atoms with Crippen LogP contribution < -0.4 is 10.6 Å². The van der Waals surface area contributed by atoms with Gasteiger partial charge in [0.25, 0.3) is 0 Å². The Morgan fingerprint density at radius 3 is 2.62 bits per heavy atom. The molecule has 0 aliphatic heterocycles. The molecule has 0 amide bonds. The number of anilines is 2. The zero-order chi connectivity index (χ0) is 15.4. The van der Waals surface area contributed by atoms with Crippen LogP contribution in [0.15, 0.2) is 30.3 Å². The van der Waals surface area contributed by atoms with E-state index < -0.39 is 16.6 Å². The average molecular weight is 294 g/mol. The number of nitro groups is 1. The van der Waals surface area contributed by atoms with Crippen LogP contribution in [0.4, 0.5) is 26.1 Å². The third-order valence-electron chi connectivity index (χ3n) is 2.77. The Bertz CT molecular complexity index is 679. The van der Waals surface area contributed by atoms with Gasteiger partial charge in [-0.05, 0) is 23.8 Å². The van der Waals surface area contributed by atoms with Gasteiger partial charge in [-0.25, -0.2) is 13.8 Å². The number of hydrogen-bond acceptors (Lipinski definition) is 5. The van der Waals surface area contributed by atoms with Gasteiger partial charge in [-0.1, -0.05) is 6.07 Å². The molecule has 110 valence electrons. The summed E-state index contributed by atoms with van der Waals surface area (Å²) in [5, 5.41) is 16.4. The van der Waals surface area contributed by atoms with Gasteiger partial charge in [0.1, 0.15) is 5.82 Å². The van der Waals surface area contributed by atoms with Gasteiger partial charge >= 0.3 is 5.69 Å². The number of nitrogens with one attached hydrogen (secondary N) is 2. The molecule has 21 heavy (non-hydrogen) atoms. The number of benzene rings is 1. The molecule has 0 aliphatic carbocycles. The van der Waals surface area contributed by atoms with Crippen molar-refractivity contribution in [1.82, 2.24) is 4.98 Å². The van der Waals surface area contributed by atoms with Crippen molar-refractivity contribution in [3.8, 4) is 0 Å². The fourth-order valence-electron chi connectivity index (χ4n) is 1.70. The molecule has 2 rings (SSSR count). The standard InChI is InChI=1S/C13H12F2N4O2/c1-16-12-5-4-11(19(20)21)13(18-12)17-7-8-2-3-9(14)10(15)6-8/h2-6H,7H2,1H3,(H2,16,17,18).